The van der Waals surface area contributed by atoms with Crippen molar-refractivity contribution in [1.82, 2.24) is 4.90 Å². The lowest BCUT2D eigenvalue weighted by Crippen LogP contribution is -2.31. The van der Waals surface area contributed by atoms with Gasteiger partial charge >= 0.3 is 0 Å². The number of hydrogen-bond acceptors (Lipinski definition) is 3. The van der Waals surface area contributed by atoms with Gasteiger partial charge in [0, 0.05) is 24.6 Å². The van der Waals surface area contributed by atoms with E-state index in [0.29, 0.717) is 13.0 Å². The third kappa shape index (κ3) is 3.31. The number of hydrogen-bond donors (Lipinski definition) is 1. The van der Waals surface area contributed by atoms with Gasteiger partial charge in [-0.05, 0) is 26.3 Å². The van der Waals surface area contributed by atoms with Crippen LogP contribution in [-0.2, 0) is 11.2 Å². The molecule has 0 aliphatic carbocycles. The summed E-state index contributed by atoms with van der Waals surface area (Å²) in [5.74, 6) is 1.07. The van der Waals surface area contributed by atoms with E-state index >= 15 is 0 Å². The summed E-state index contributed by atoms with van der Waals surface area (Å²) in [5.41, 5.74) is 2.05. The zero-order chi connectivity index (χ0) is 14.7. The Balaban J connectivity index is 2.03. The summed E-state index contributed by atoms with van der Waals surface area (Å²) in [6.07, 6.45) is 0.896. The Kier molecular flexibility index (Phi) is 4.65. The highest BCUT2D eigenvalue weighted by Gasteiger charge is 2.29. The minimum atomic E-state index is -0.346. The van der Waals surface area contributed by atoms with E-state index in [1.165, 1.54) is 0 Å². The van der Waals surface area contributed by atoms with E-state index in [1.54, 1.807) is 14.0 Å². The number of aryl methyl sites for hydroxylation is 1. The first kappa shape index (κ1) is 14.9. The molecule has 1 amide bonds. The molecule has 0 bridgehead atoms. The molecular formula is C16H23NO3. The van der Waals surface area contributed by atoms with E-state index in [2.05, 4.69) is 0 Å². The molecule has 4 nitrogen and oxygen atoms in total. The Morgan fingerprint density at radius 2 is 2.30 bits per heavy atom. The zero-order valence-electron chi connectivity index (χ0n) is 12.4. The summed E-state index contributed by atoms with van der Waals surface area (Å²) < 4.78 is 5.31. The summed E-state index contributed by atoms with van der Waals surface area (Å²) in [4.78, 5) is 14.2. The molecule has 2 atom stereocenters. The van der Waals surface area contributed by atoms with Crippen LogP contribution in [0.5, 0.6) is 5.75 Å². The van der Waals surface area contributed by atoms with Crippen LogP contribution in [0.15, 0.2) is 18.2 Å². The van der Waals surface area contributed by atoms with Gasteiger partial charge < -0.3 is 14.7 Å². The van der Waals surface area contributed by atoms with Crippen LogP contribution in [-0.4, -0.2) is 42.2 Å². The molecule has 1 heterocycles. The highest BCUT2D eigenvalue weighted by atomic mass is 16.5. The normalized spacial score (nSPS) is 20.0. The highest BCUT2D eigenvalue weighted by molar-refractivity contribution is 5.79. The smallest absolute Gasteiger partial charge is 0.227 e. The number of amides is 1. The molecule has 1 fully saturated rings. The molecule has 2 rings (SSSR count). The fourth-order valence-electron chi connectivity index (χ4n) is 2.73. The molecule has 1 N–H and O–H groups in total. The van der Waals surface area contributed by atoms with Crippen LogP contribution in [0.3, 0.4) is 0 Å². The first-order chi connectivity index (χ1) is 9.51. The summed E-state index contributed by atoms with van der Waals surface area (Å²) in [7, 11) is 1.62. The van der Waals surface area contributed by atoms with Gasteiger partial charge in [0.05, 0.1) is 19.6 Å². The number of rotatable bonds is 4. The Labute approximate surface area is 120 Å². The number of ether oxygens (including phenoxy) is 1. The summed E-state index contributed by atoms with van der Waals surface area (Å²) >= 11 is 0. The minimum absolute atomic E-state index is 0.108. The number of aliphatic hydroxyl groups excluding tert-OH is 1. The van der Waals surface area contributed by atoms with Crippen molar-refractivity contribution in [3.05, 3.63) is 29.3 Å². The van der Waals surface area contributed by atoms with E-state index in [4.69, 9.17) is 4.74 Å². The van der Waals surface area contributed by atoms with Crippen LogP contribution in [0.4, 0.5) is 0 Å². The highest BCUT2D eigenvalue weighted by Crippen LogP contribution is 2.24. The topological polar surface area (TPSA) is 49.8 Å². The maximum absolute atomic E-state index is 12.4. The van der Waals surface area contributed by atoms with Gasteiger partial charge in [-0.2, -0.15) is 0 Å². The Hall–Kier alpha value is -1.55. The molecule has 0 spiro atoms. The number of carbonyl (C=O) groups excluding carboxylic acids is 1. The van der Waals surface area contributed by atoms with Crippen molar-refractivity contribution in [2.45, 2.75) is 32.8 Å². The largest absolute Gasteiger partial charge is 0.496 e. The molecule has 110 valence electrons. The van der Waals surface area contributed by atoms with Crippen LogP contribution in [0.25, 0.3) is 0 Å². The van der Waals surface area contributed by atoms with Crippen molar-refractivity contribution in [3.8, 4) is 5.75 Å². The standard InChI is InChI=1S/C16H23NO3/c1-11-4-5-15(20-3)14(8-11)9-16(19)17-7-6-13(10-17)12(2)18/h4-5,8,12-13,18H,6-7,9-10H2,1-3H3. The third-order valence-corrected chi connectivity index (χ3v) is 4.04. The van der Waals surface area contributed by atoms with Gasteiger partial charge in [-0.15, -0.1) is 0 Å². The average Bonchev–Trinajstić information content (AvgIpc) is 2.89. The second-order valence-corrected chi connectivity index (χ2v) is 5.62. The molecule has 1 aromatic carbocycles. The minimum Gasteiger partial charge on any atom is -0.496 e. The second-order valence-electron chi connectivity index (χ2n) is 5.62. The lowest BCUT2D eigenvalue weighted by molar-refractivity contribution is -0.129. The van der Waals surface area contributed by atoms with E-state index in [1.807, 2.05) is 30.0 Å². The van der Waals surface area contributed by atoms with Crippen LogP contribution in [0, 0.1) is 12.8 Å². The molecule has 0 saturated carbocycles. The zero-order valence-corrected chi connectivity index (χ0v) is 12.4. The van der Waals surface area contributed by atoms with E-state index in [-0.39, 0.29) is 17.9 Å². The van der Waals surface area contributed by atoms with Crippen molar-refractivity contribution in [2.75, 3.05) is 20.2 Å². The molecular weight excluding hydrogens is 254 g/mol. The monoisotopic (exact) mass is 277 g/mol. The number of carbonyl (C=O) groups is 1. The van der Waals surface area contributed by atoms with Crippen LogP contribution < -0.4 is 4.74 Å². The summed E-state index contributed by atoms with van der Waals surface area (Å²) in [6, 6.07) is 5.88. The SMILES string of the molecule is COc1ccc(C)cc1CC(=O)N1CCC(C(C)O)C1. The van der Waals surface area contributed by atoms with Gasteiger partial charge in [0.2, 0.25) is 5.91 Å². The molecule has 0 aromatic heterocycles. The fraction of sp³-hybridized carbons (Fsp3) is 0.562. The predicted octanol–water partition coefficient (Wildman–Crippen LogP) is 1.78. The van der Waals surface area contributed by atoms with Gasteiger partial charge in [-0.3, -0.25) is 4.79 Å². The first-order valence-corrected chi connectivity index (χ1v) is 7.10. The fourth-order valence-corrected chi connectivity index (χ4v) is 2.73. The quantitative estimate of drug-likeness (QED) is 0.912. The third-order valence-electron chi connectivity index (χ3n) is 4.04. The number of benzene rings is 1. The van der Waals surface area contributed by atoms with Crippen molar-refractivity contribution in [1.29, 1.82) is 0 Å². The van der Waals surface area contributed by atoms with Crippen molar-refractivity contribution in [3.63, 3.8) is 0 Å². The molecule has 0 radical (unpaired) electrons. The molecule has 1 aliphatic rings. The van der Waals surface area contributed by atoms with E-state index < -0.39 is 0 Å². The lowest BCUT2D eigenvalue weighted by atomic mass is 10.0. The number of aliphatic hydroxyl groups is 1. The first-order valence-electron chi connectivity index (χ1n) is 7.10. The Morgan fingerprint density at radius 3 is 2.90 bits per heavy atom. The van der Waals surface area contributed by atoms with Crippen molar-refractivity contribution in [2.24, 2.45) is 5.92 Å². The van der Waals surface area contributed by atoms with Crippen LogP contribution in [0.1, 0.15) is 24.5 Å². The van der Waals surface area contributed by atoms with E-state index in [9.17, 15) is 9.90 Å². The molecule has 2 unspecified atom stereocenters. The van der Waals surface area contributed by atoms with Gasteiger partial charge in [-0.25, -0.2) is 0 Å². The molecule has 1 aromatic rings. The molecule has 1 saturated heterocycles. The summed E-state index contributed by atoms with van der Waals surface area (Å²) in [5, 5.41) is 9.60. The Bertz CT molecular complexity index is 485. The molecule has 20 heavy (non-hydrogen) atoms. The average molecular weight is 277 g/mol. The molecule has 1 aliphatic heterocycles. The van der Waals surface area contributed by atoms with Crippen LogP contribution in [0.2, 0.25) is 0 Å². The maximum atomic E-state index is 12.4. The van der Waals surface area contributed by atoms with Crippen molar-refractivity contribution >= 4 is 5.91 Å². The van der Waals surface area contributed by atoms with E-state index in [0.717, 1.165) is 29.8 Å². The van der Waals surface area contributed by atoms with Crippen LogP contribution >= 0.6 is 0 Å². The number of methoxy groups -OCH3 is 1. The number of likely N-dealkylation sites (tertiary alicyclic amines) is 1. The van der Waals surface area contributed by atoms with Gasteiger partial charge in [0.15, 0.2) is 0 Å². The maximum Gasteiger partial charge on any atom is 0.227 e. The lowest BCUT2D eigenvalue weighted by Gasteiger charge is -2.18. The van der Waals surface area contributed by atoms with Gasteiger partial charge in [-0.1, -0.05) is 17.7 Å². The molecule has 4 heteroatoms. The van der Waals surface area contributed by atoms with Crippen molar-refractivity contribution < 1.29 is 14.6 Å². The Morgan fingerprint density at radius 1 is 1.55 bits per heavy atom. The second kappa shape index (κ2) is 6.27. The summed E-state index contributed by atoms with van der Waals surface area (Å²) in [6.45, 7) is 5.20. The van der Waals surface area contributed by atoms with Gasteiger partial charge in [0.1, 0.15) is 5.75 Å². The van der Waals surface area contributed by atoms with Gasteiger partial charge in [0.25, 0.3) is 0 Å². The predicted molar refractivity (Wildman–Crippen MR) is 77.8 cm³/mol. The number of nitrogens with zero attached hydrogens (tertiary/aromatic N) is 1.